The van der Waals surface area contributed by atoms with Gasteiger partial charge in [0, 0.05) is 13.1 Å². The maximum atomic E-state index is 8.69. The first-order valence-corrected chi connectivity index (χ1v) is 6.56. The zero-order chi connectivity index (χ0) is 13.5. The Kier molecular flexibility index (Phi) is 5.86. The van der Waals surface area contributed by atoms with Crippen LogP contribution in [0.1, 0.15) is 20.3 Å². The summed E-state index contributed by atoms with van der Waals surface area (Å²) in [6, 6.07) is 2.14. The predicted molar refractivity (Wildman–Crippen MR) is 73.6 cm³/mol. The molecule has 18 heavy (non-hydrogen) atoms. The summed E-state index contributed by atoms with van der Waals surface area (Å²) < 4.78 is 5.88. The maximum Gasteiger partial charge on any atom is 0.232 e. The lowest BCUT2D eigenvalue weighted by atomic mass is 10.2. The number of ether oxygens (including phenoxy) is 1. The third-order valence-electron chi connectivity index (χ3n) is 2.25. The number of nitrogens with zero attached hydrogens (tertiary/aromatic N) is 4. The highest BCUT2D eigenvalue weighted by atomic mass is 79.9. The number of methoxy groups -OCH3 is 1. The molecule has 0 saturated heterocycles. The van der Waals surface area contributed by atoms with Crippen molar-refractivity contribution in [3.63, 3.8) is 0 Å². The molecule has 0 radical (unpaired) electrons. The highest BCUT2D eigenvalue weighted by molar-refractivity contribution is 9.10. The summed E-state index contributed by atoms with van der Waals surface area (Å²) in [5.41, 5.74) is 0. The molecule has 0 aliphatic heterocycles. The SMILES string of the molecule is COc1nc(N(CCC#N)CC(C)C)ncc1Br. The molecule has 0 N–H and O–H groups in total. The summed E-state index contributed by atoms with van der Waals surface area (Å²) in [4.78, 5) is 10.6. The second-order valence-corrected chi connectivity index (χ2v) is 5.13. The lowest BCUT2D eigenvalue weighted by molar-refractivity contribution is 0.393. The molecular formula is C12H17BrN4O. The Balaban J connectivity index is 2.93. The van der Waals surface area contributed by atoms with Crippen LogP contribution in [0, 0.1) is 17.2 Å². The van der Waals surface area contributed by atoms with Crippen molar-refractivity contribution in [2.75, 3.05) is 25.1 Å². The largest absolute Gasteiger partial charge is 0.480 e. The summed E-state index contributed by atoms with van der Waals surface area (Å²) in [6.45, 7) is 5.68. The Morgan fingerprint density at radius 3 is 2.83 bits per heavy atom. The molecule has 0 aliphatic carbocycles. The smallest absolute Gasteiger partial charge is 0.232 e. The first-order chi connectivity index (χ1) is 8.58. The van der Waals surface area contributed by atoms with Gasteiger partial charge in [-0.1, -0.05) is 13.8 Å². The van der Waals surface area contributed by atoms with Crippen LogP contribution in [0.3, 0.4) is 0 Å². The highest BCUT2D eigenvalue weighted by Gasteiger charge is 2.13. The molecule has 1 aromatic rings. The van der Waals surface area contributed by atoms with Crippen molar-refractivity contribution in [2.45, 2.75) is 20.3 Å². The molecule has 1 aromatic heterocycles. The van der Waals surface area contributed by atoms with Crippen molar-refractivity contribution in [1.82, 2.24) is 9.97 Å². The second kappa shape index (κ2) is 7.17. The van der Waals surface area contributed by atoms with E-state index in [9.17, 15) is 0 Å². The van der Waals surface area contributed by atoms with Crippen LogP contribution < -0.4 is 9.64 Å². The van der Waals surface area contributed by atoms with Crippen LogP contribution in [-0.2, 0) is 0 Å². The van der Waals surface area contributed by atoms with Crippen LogP contribution >= 0.6 is 15.9 Å². The van der Waals surface area contributed by atoms with Crippen molar-refractivity contribution in [3.05, 3.63) is 10.7 Å². The molecule has 0 atom stereocenters. The van der Waals surface area contributed by atoms with Crippen LogP contribution in [0.5, 0.6) is 5.88 Å². The van der Waals surface area contributed by atoms with E-state index in [1.807, 2.05) is 4.90 Å². The molecule has 6 heteroatoms. The van der Waals surface area contributed by atoms with Gasteiger partial charge in [-0.05, 0) is 21.8 Å². The van der Waals surface area contributed by atoms with E-state index in [4.69, 9.17) is 10.00 Å². The quantitative estimate of drug-likeness (QED) is 0.808. The van der Waals surface area contributed by atoms with Crippen LogP contribution in [0.2, 0.25) is 0 Å². The number of aromatic nitrogens is 2. The molecule has 5 nitrogen and oxygen atoms in total. The number of nitriles is 1. The van der Waals surface area contributed by atoms with Gasteiger partial charge in [-0.15, -0.1) is 0 Å². The first kappa shape index (κ1) is 14.7. The lowest BCUT2D eigenvalue weighted by Crippen LogP contribution is -2.30. The number of hydrogen-bond acceptors (Lipinski definition) is 5. The normalized spacial score (nSPS) is 10.2. The zero-order valence-corrected chi connectivity index (χ0v) is 12.4. The van der Waals surface area contributed by atoms with Gasteiger partial charge in [-0.2, -0.15) is 10.2 Å². The maximum absolute atomic E-state index is 8.69. The topological polar surface area (TPSA) is 62.0 Å². The van der Waals surface area contributed by atoms with Gasteiger partial charge in [-0.25, -0.2) is 4.98 Å². The minimum Gasteiger partial charge on any atom is -0.480 e. The van der Waals surface area contributed by atoms with Gasteiger partial charge >= 0.3 is 0 Å². The van der Waals surface area contributed by atoms with Gasteiger partial charge < -0.3 is 9.64 Å². The van der Waals surface area contributed by atoms with E-state index >= 15 is 0 Å². The number of hydrogen-bond donors (Lipinski definition) is 0. The third kappa shape index (κ3) is 4.15. The van der Waals surface area contributed by atoms with Gasteiger partial charge in [0.2, 0.25) is 11.8 Å². The molecular weight excluding hydrogens is 296 g/mol. The van der Waals surface area contributed by atoms with Crippen molar-refractivity contribution >= 4 is 21.9 Å². The first-order valence-electron chi connectivity index (χ1n) is 5.77. The minimum atomic E-state index is 0.453. The number of halogens is 1. The van der Waals surface area contributed by atoms with E-state index in [2.05, 4.69) is 45.8 Å². The molecule has 0 bridgehead atoms. The Labute approximate surface area is 116 Å². The molecule has 1 heterocycles. The molecule has 98 valence electrons. The minimum absolute atomic E-state index is 0.453. The third-order valence-corrected chi connectivity index (χ3v) is 2.80. The Morgan fingerprint density at radius 1 is 1.56 bits per heavy atom. The van der Waals surface area contributed by atoms with Gasteiger partial charge in [-0.3, -0.25) is 0 Å². The summed E-state index contributed by atoms with van der Waals surface area (Å²) in [7, 11) is 1.57. The molecule has 0 unspecified atom stereocenters. The fourth-order valence-corrected chi connectivity index (χ4v) is 1.89. The summed E-state index contributed by atoms with van der Waals surface area (Å²) in [6.07, 6.45) is 2.12. The highest BCUT2D eigenvalue weighted by Crippen LogP contribution is 2.23. The van der Waals surface area contributed by atoms with Crippen molar-refractivity contribution < 1.29 is 4.74 Å². The summed E-state index contributed by atoms with van der Waals surface area (Å²) >= 11 is 3.32. The van der Waals surface area contributed by atoms with Gasteiger partial charge in [0.25, 0.3) is 0 Å². The predicted octanol–water partition coefficient (Wildman–Crippen LogP) is 2.62. The van der Waals surface area contributed by atoms with Gasteiger partial charge in [0.15, 0.2) is 0 Å². The second-order valence-electron chi connectivity index (χ2n) is 4.28. The van der Waals surface area contributed by atoms with E-state index in [1.165, 1.54) is 0 Å². The standard InChI is InChI=1S/C12H17BrN4O/c1-9(2)8-17(6-4-5-14)12-15-7-10(13)11(16-12)18-3/h7,9H,4,6,8H2,1-3H3. The van der Waals surface area contributed by atoms with Crippen LogP contribution in [-0.4, -0.2) is 30.2 Å². The fourth-order valence-electron chi connectivity index (χ4n) is 1.54. The van der Waals surface area contributed by atoms with E-state index < -0.39 is 0 Å². The average Bonchev–Trinajstić information content (AvgIpc) is 2.34. The Hall–Kier alpha value is -1.35. The molecule has 0 fully saturated rings. The number of rotatable bonds is 6. The Morgan fingerprint density at radius 2 is 2.28 bits per heavy atom. The summed E-state index contributed by atoms with van der Waals surface area (Å²) in [5.74, 6) is 1.58. The van der Waals surface area contributed by atoms with E-state index in [-0.39, 0.29) is 0 Å². The van der Waals surface area contributed by atoms with Crippen molar-refractivity contribution in [2.24, 2.45) is 5.92 Å². The fraction of sp³-hybridized carbons (Fsp3) is 0.583. The van der Waals surface area contributed by atoms with Crippen LogP contribution in [0.4, 0.5) is 5.95 Å². The van der Waals surface area contributed by atoms with Crippen LogP contribution in [0.15, 0.2) is 10.7 Å². The lowest BCUT2D eigenvalue weighted by Gasteiger charge is -2.23. The van der Waals surface area contributed by atoms with E-state index in [0.717, 1.165) is 11.0 Å². The molecule has 0 spiro atoms. The Bertz CT molecular complexity index is 431. The molecule has 0 aliphatic rings. The number of anilines is 1. The monoisotopic (exact) mass is 312 g/mol. The van der Waals surface area contributed by atoms with Crippen LogP contribution in [0.25, 0.3) is 0 Å². The van der Waals surface area contributed by atoms with Crippen molar-refractivity contribution in [3.8, 4) is 11.9 Å². The zero-order valence-electron chi connectivity index (χ0n) is 10.9. The summed E-state index contributed by atoms with van der Waals surface area (Å²) in [5, 5.41) is 8.69. The molecule has 0 aromatic carbocycles. The van der Waals surface area contributed by atoms with E-state index in [1.54, 1.807) is 13.3 Å². The average molecular weight is 313 g/mol. The van der Waals surface area contributed by atoms with E-state index in [0.29, 0.717) is 30.7 Å². The van der Waals surface area contributed by atoms with Gasteiger partial charge in [0.1, 0.15) is 0 Å². The van der Waals surface area contributed by atoms with Gasteiger partial charge in [0.05, 0.1) is 30.3 Å². The molecule has 1 rings (SSSR count). The molecule has 0 amide bonds. The van der Waals surface area contributed by atoms with Crippen molar-refractivity contribution in [1.29, 1.82) is 5.26 Å². The molecule has 0 saturated carbocycles.